The van der Waals surface area contributed by atoms with Gasteiger partial charge in [0.15, 0.2) is 0 Å². The Bertz CT molecular complexity index is 1370. The maximum Gasteiger partial charge on any atom is 0.342 e. The van der Waals surface area contributed by atoms with Crippen LogP contribution in [0.1, 0.15) is 66.6 Å². The molecule has 1 heterocycles. The highest BCUT2D eigenvalue weighted by Crippen LogP contribution is 2.32. The van der Waals surface area contributed by atoms with E-state index in [1.165, 1.54) is 6.07 Å². The van der Waals surface area contributed by atoms with Gasteiger partial charge in [0.1, 0.15) is 17.4 Å². The van der Waals surface area contributed by atoms with Crippen LogP contribution in [-0.4, -0.2) is 40.2 Å². The van der Waals surface area contributed by atoms with Crippen LogP contribution in [0.15, 0.2) is 77.8 Å². The second-order valence-corrected chi connectivity index (χ2v) is 9.85. The third kappa shape index (κ3) is 6.74. The second kappa shape index (κ2) is 12.4. The number of ether oxygens (including phenoxy) is 1. The maximum absolute atomic E-state index is 13.2. The lowest BCUT2D eigenvalue weighted by atomic mass is 9.94. The van der Waals surface area contributed by atoms with E-state index in [0.717, 1.165) is 11.1 Å². The van der Waals surface area contributed by atoms with Crippen molar-refractivity contribution in [3.63, 3.8) is 0 Å². The number of carbonyl (C=O) groups is 4. The number of rotatable bonds is 3. The van der Waals surface area contributed by atoms with Gasteiger partial charge in [-0.05, 0) is 43.7 Å². The molecule has 0 saturated heterocycles. The molecule has 0 amide bonds. The zero-order valence-corrected chi connectivity index (χ0v) is 22.1. The summed E-state index contributed by atoms with van der Waals surface area (Å²) in [5.74, 6) is -3.64. The zero-order chi connectivity index (χ0) is 27.9. The van der Waals surface area contributed by atoms with Crippen molar-refractivity contribution >= 4 is 34.7 Å². The third-order valence-electron chi connectivity index (χ3n) is 7.00. The number of hydrogen-bond donors (Lipinski definition) is 1. The number of aromatic hydroxyl groups is 1. The summed E-state index contributed by atoms with van der Waals surface area (Å²) in [4.78, 5) is 54.9. The van der Waals surface area contributed by atoms with E-state index in [2.05, 4.69) is 0 Å². The van der Waals surface area contributed by atoms with E-state index in [0.29, 0.717) is 23.4 Å². The van der Waals surface area contributed by atoms with Crippen LogP contribution in [0.5, 0.6) is 5.75 Å². The highest BCUT2D eigenvalue weighted by molar-refractivity contribution is 6.63. The lowest BCUT2D eigenvalue weighted by Gasteiger charge is -2.22. The molecule has 0 bridgehead atoms. The number of phenols is 1. The number of cyclic esters (lactones) is 1. The number of phenolic OH excluding ortho intramolecular Hbond substituents is 1. The average molecular weight is 526 g/mol. The van der Waals surface area contributed by atoms with Crippen molar-refractivity contribution in [3.8, 4) is 5.75 Å². The molecule has 200 valence electrons. The van der Waals surface area contributed by atoms with E-state index in [9.17, 15) is 24.3 Å². The smallest absolute Gasteiger partial charge is 0.342 e. The predicted octanol–water partition coefficient (Wildman–Crippen LogP) is 5.57. The first kappa shape index (κ1) is 27.6. The Hall–Kier alpha value is -4.39. The fraction of sp³-hybridized carbons (Fsp3) is 0.281. The lowest BCUT2D eigenvalue weighted by molar-refractivity contribution is -0.144. The van der Waals surface area contributed by atoms with E-state index in [1.807, 2.05) is 60.7 Å². The molecule has 1 N–H and O–H groups in total. The molecule has 7 nitrogen and oxygen atoms in total. The summed E-state index contributed by atoms with van der Waals surface area (Å²) in [5.41, 5.74) is 3.31. The second-order valence-electron chi connectivity index (χ2n) is 9.85. The monoisotopic (exact) mass is 525 g/mol. The Labute approximate surface area is 227 Å². The molecule has 0 fully saturated rings. The Morgan fingerprint density at radius 1 is 0.821 bits per heavy atom. The van der Waals surface area contributed by atoms with Gasteiger partial charge in [0.05, 0.1) is 11.4 Å². The molecule has 7 heteroatoms. The highest BCUT2D eigenvalue weighted by atomic mass is 16.5. The number of ketones is 3. The molecular formula is C32H31NO6. The van der Waals surface area contributed by atoms with Crippen LogP contribution in [-0.2, 0) is 25.5 Å². The van der Waals surface area contributed by atoms with Gasteiger partial charge in [-0.25, -0.2) is 9.79 Å². The van der Waals surface area contributed by atoms with Crippen molar-refractivity contribution in [2.75, 3.05) is 0 Å². The quantitative estimate of drug-likeness (QED) is 0.272. The zero-order valence-electron chi connectivity index (χ0n) is 22.1. The van der Waals surface area contributed by atoms with E-state index < -0.39 is 29.4 Å². The standard InChI is InChI=1S/C32H31NO6/c1-20-16-17-27(35)31(37)26(34)15-9-14-24-18-25(19-28(36)29(24)32(38)39-21(20)2)33-30(22-10-5-3-6-11-22)23-12-7-4-8-13-23/h3-8,10-13,18-21,36H,9,14-17H2,1-2H3/t20-,21+/m1/s1. The molecule has 1 aliphatic heterocycles. The van der Waals surface area contributed by atoms with Gasteiger partial charge >= 0.3 is 5.97 Å². The predicted molar refractivity (Wildman–Crippen MR) is 148 cm³/mol. The number of hydrogen-bond acceptors (Lipinski definition) is 7. The fourth-order valence-electron chi connectivity index (χ4n) is 4.54. The van der Waals surface area contributed by atoms with Crippen molar-refractivity contribution in [3.05, 3.63) is 95.1 Å². The van der Waals surface area contributed by atoms with Gasteiger partial charge in [0.2, 0.25) is 11.6 Å². The molecule has 0 aliphatic carbocycles. The van der Waals surface area contributed by atoms with Crippen molar-refractivity contribution in [1.29, 1.82) is 0 Å². The van der Waals surface area contributed by atoms with Gasteiger partial charge in [-0.2, -0.15) is 0 Å². The number of carbonyl (C=O) groups excluding carboxylic acids is 4. The number of aryl methyl sites for hydroxylation is 1. The molecular weight excluding hydrogens is 494 g/mol. The van der Waals surface area contributed by atoms with E-state index in [1.54, 1.807) is 19.9 Å². The van der Waals surface area contributed by atoms with Crippen LogP contribution in [0.25, 0.3) is 0 Å². The van der Waals surface area contributed by atoms with Gasteiger partial charge in [0, 0.05) is 30.0 Å². The summed E-state index contributed by atoms with van der Waals surface area (Å²) in [6.07, 6.45) is -0.0984. The molecule has 0 aromatic heterocycles. The van der Waals surface area contributed by atoms with Gasteiger partial charge in [-0.1, -0.05) is 67.6 Å². The van der Waals surface area contributed by atoms with Crippen LogP contribution >= 0.6 is 0 Å². The Morgan fingerprint density at radius 3 is 2.03 bits per heavy atom. The van der Waals surface area contributed by atoms with Gasteiger partial charge in [-0.15, -0.1) is 0 Å². The van der Waals surface area contributed by atoms with Gasteiger partial charge < -0.3 is 9.84 Å². The molecule has 0 unspecified atom stereocenters. The molecule has 2 atom stereocenters. The van der Waals surface area contributed by atoms with Gasteiger partial charge in [-0.3, -0.25) is 14.4 Å². The SMILES string of the molecule is C[C@@H]1CCC(=O)C(=O)C(=O)CCCc2cc(N=C(c3ccccc3)c3ccccc3)cc(O)c2C(=O)O[C@H]1C. The van der Waals surface area contributed by atoms with Crippen molar-refractivity contribution < 1.29 is 29.0 Å². The number of aliphatic imine (C=N–C) groups is 1. The minimum absolute atomic E-state index is 0.0147. The number of esters is 1. The number of Topliss-reactive ketones (excluding diaryl/α,β-unsaturated/α-hetero) is 3. The largest absolute Gasteiger partial charge is 0.507 e. The topological polar surface area (TPSA) is 110 Å². The first-order chi connectivity index (χ1) is 18.7. The van der Waals surface area contributed by atoms with E-state index >= 15 is 0 Å². The van der Waals surface area contributed by atoms with Crippen LogP contribution in [0.3, 0.4) is 0 Å². The van der Waals surface area contributed by atoms with E-state index in [-0.39, 0.29) is 42.9 Å². The summed E-state index contributed by atoms with van der Waals surface area (Å²) in [6.45, 7) is 3.50. The molecule has 39 heavy (non-hydrogen) atoms. The first-order valence-electron chi connectivity index (χ1n) is 13.1. The molecule has 3 aromatic rings. The fourth-order valence-corrected chi connectivity index (χ4v) is 4.54. The lowest BCUT2D eigenvalue weighted by Crippen LogP contribution is -2.27. The van der Waals surface area contributed by atoms with E-state index in [4.69, 9.17) is 9.73 Å². The molecule has 0 spiro atoms. The van der Waals surface area contributed by atoms with Crippen LogP contribution in [0, 0.1) is 5.92 Å². The van der Waals surface area contributed by atoms with Crippen molar-refractivity contribution in [2.24, 2.45) is 10.9 Å². The molecule has 3 aromatic carbocycles. The summed E-state index contributed by atoms with van der Waals surface area (Å²) in [5, 5.41) is 11.0. The summed E-state index contributed by atoms with van der Waals surface area (Å²) in [6, 6.07) is 22.4. The average Bonchev–Trinajstić information content (AvgIpc) is 2.94. The number of benzene rings is 3. The normalized spacial score (nSPS) is 19.0. The summed E-state index contributed by atoms with van der Waals surface area (Å²) < 4.78 is 5.66. The number of fused-ring (bicyclic) bond motifs is 1. The third-order valence-corrected chi connectivity index (χ3v) is 7.00. The van der Waals surface area contributed by atoms with Crippen molar-refractivity contribution in [1.82, 2.24) is 0 Å². The minimum Gasteiger partial charge on any atom is -0.507 e. The van der Waals surface area contributed by atoms with Crippen LogP contribution in [0.4, 0.5) is 5.69 Å². The summed E-state index contributed by atoms with van der Waals surface area (Å²) >= 11 is 0. The molecule has 0 radical (unpaired) electrons. The number of nitrogens with zero attached hydrogens (tertiary/aromatic N) is 1. The Morgan fingerprint density at radius 2 is 1.41 bits per heavy atom. The molecule has 4 rings (SSSR count). The van der Waals surface area contributed by atoms with Crippen LogP contribution in [0.2, 0.25) is 0 Å². The minimum atomic E-state index is -0.985. The van der Waals surface area contributed by atoms with Gasteiger partial charge in [0.25, 0.3) is 5.78 Å². The van der Waals surface area contributed by atoms with Crippen LogP contribution < -0.4 is 0 Å². The Balaban J connectivity index is 1.77. The highest BCUT2D eigenvalue weighted by Gasteiger charge is 2.28. The maximum atomic E-state index is 13.2. The Kier molecular flexibility index (Phi) is 8.81. The van der Waals surface area contributed by atoms with Crippen molar-refractivity contribution in [2.45, 2.75) is 52.1 Å². The summed E-state index contributed by atoms with van der Waals surface area (Å²) in [7, 11) is 0. The molecule has 0 saturated carbocycles. The molecule has 1 aliphatic rings. The first-order valence-corrected chi connectivity index (χ1v) is 13.1.